The molecule has 3 heterocycles. The molecule has 0 radical (unpaired) electrons. The number of carbonyl (C=O) groups is 2. The van der Waals surface area contributed by atoms with E-state index >= 15 is 0 Å². The third-order valence-corrected chi connectivity index (χ3v) is 6.09. The van der Waals surface area contributed by atoms with Gasteiger partial charge in [0.15, 0.2) is 0 Å². The standard InChI is InChI=1S/C23H36N4O3/c1-22(2,3)18-25-13-9-23(10-14-25)20(28)26(21(29)27(23)15-16-30-4)12-6-8-19-7-5-11-24-17-19/h5,7,11,17H,6,8-10,12-16,18H2,1-4H3. The van der Waals surface area contributed by atoms with E-state index in [0.29, 0.717) is 32.5 Å². The molecule has 2 aliphatic rings. The Labute approximate surface area is 180 Å². The molecule has 1 aromatic rings. The van der Waals surface area contributed by atoms with Crippen molar-refractivity contribution in [2.75, 3.05) is 46.4 Å². The Balaban J connectivity index is 1.68. The van der Waals surface area contributed by atoms with Crippen LogP contribution in [0.2, 0.25) is 0 Å². The van der Waals surface area contributed by atoms with E-state index in [-0.39, 0.29) is 17.4 Å². The predicted molar refractivity (Wildman–Crippen MR) is 116 cm³/mol. The van der Waals surface area contributed by atoms with Gasteiger partial charge in [0, 0.05) is 52.2 Å². The van der Waals surface area contributed by atoms with Crippen LogP contribution in [-0.4, -0.2) is 83.6 Å². The number of likely N-dealkylation sites (tertiary alicyclic amines) is 1. The molecule has 3 amide bonds. The number of pyridine rings is 1. The highest BCUT2D eigenvalue weighted by Gasteiger charge is 2.57. The van der Waals surface area contributed by atoms with Crippen molar-refractivity contribution in [2.24, 2.45) is 5.41 Å². The van der Waals surface area contributed by atoms with Crippen molar-refractivity contribution < 1.29 is 14.3 Å². The molecule has 166 valence electrons. The van der Waals surface area contributed by atoms with Gasteiger partial charge in [0.05, 0.1) is 6.61 Å². The van der Waals surface area contributed by atoms with Gasteiger partial charge in [0.1, 0.15) is 5.54 Å². The van der Waals surface area contributed by atoms with E-state index in [1.807, 2.05) is 18.3 Å². The van der Waals surface area contributed by atoms with Gasteiger partial charge in [-0.15, -0.1) is 0 Å². The first-order valence-corrected chi connectivity index (χ1v) is 11.0. The van der Waals surface area contributed by atoms with E-state index in [1.165, 1.54) is 4.90 Å². The molecular formula is C23H36N4O3. The molecular weight excluding hydrogens is 380 g/mol. The fourth-order valence-corrected chi connectivity index (χ4v) is 4.69. The fourth-order valence-electron chi connectivity index (χ4n) is 4.69. The number of aromatic nitrogens is 1. The van der Waals surface area contributed by atoms with Crippen LogP contribution in [0.3, 0.4) is 0 Å². The van der Waals surface area contributed by atoms with Crippen molar-refractivity contribution in [3.8, 4) is 0 Å². The van der Waals surface area contributed by atoms with E-state index in [0.717, 1.165) is 38.0 Å². The number of hydrogen-bond donors (Lipinski definition) is 0. The first-order chi connectivity index (χ1) is 14.3. The number of nitrogens with zero attached hydrogens (tertiary/aromatic N) is 4. The smallest absolute Gasteiger partial charge is 0.327 e. The van der Waals surface area contributed by atoms with Crippen molar-refractivity contribution in [1.82, 2.24) is 19.7 Å². The van der Waals surface area contributed by atoms with Crippen LogP contribution in [0.4, 0.5) is 4.79 Å². The average Bonchev–Trinajstić information content (AvgIpc) is 2.89. The minimum absolute atomic E-state index is 0.0230. The molecule has 1 spiro atoms. The van der Waals surface area contributed by atoms with Crippen LogP contribution in [0.15, 0.2) is 24.5 Å². The van der Waals surface area contributed by atoms with Gasteiger partial charge >= 0.3 is 6.03 Å². The number of ether oxygens (including phenoxy) is 1. The van der Waals surface area contributed by atoms with Crippen LogP contribution in [0.5, 0.6) is 0 Å². The molecule has 7 nitrogen and oxygen atoms in total. The second kappa shape index (κ2) is 9.43. The van der Waals surface area contributed by atoms with Gasteiger partial charge in [-0.1, -0.05) is 26.8 Å². The number of amides is 3. The van der Waals surface area contributed by atoms with Crippen LogP contribution < -0.4 is 0 Å². The van der Waals surface area contributed by atoms with Gasteiger partial charge in [0.25, 0.3) is 5.91 Å². The molecule has 0 bridgehead atoms. The number of imide groups is 1. The first kappa shape index (κ1) is 22.7. The minimum atomic E-state index is -0.710. The molecule has 0 unspecified atom stereocenters. The Morgan fingerprint density at radius 3 is 2.50 bits per heavy atom. The Bertz CT molecular complexity index is 724. The zero-order valence-electron chi connectivity index (χ0n) is 18.9. The summed E-state index contributed by atoms with van der Waals surface area (Å²) in [6, 6.07) is 3.78. The summed E-state index contributed by atoms with van der Waals surface area (Å²) in [5.74, 6) is -0.0230. The van der Waals surface area contributed by atoms with Gasteiger partial charge in [-0.05, 0) is 42.7 Å². The summed E-state index contributed by atoms with van der Waals surface area (Å²) in [4.78, 5) is 36.5. The highest BCUT2D eigenvalue weighted by molar-refractivity contribution is 6.07. The van der Waals surface area contributed by atoms with Crippen molar-refractivity contribution in [3.63, 3.8) is 0 Å². The summed E-state index contributed by atoms with van der Waals surface area (Å²) >= 11 is 0. The monoisotopic (exact) mass is 416 g/mol. The zero-order valence-corrected chi connectivity index (χ0v) is 18.9. The summed E-state index contributed by atoms with van der Waals surface area (Å²) in [5, 5.41) is 0. The van der Waals surface area contributed by atoms with E-state index in [1.54, 1.807) is 18.2 Å². The minimum Gasteiger partial charge on any atom is -0.383 e. The molecule has 2 fully saturated rings. The molecule has 30 heavy (non-hydrogen) atoms. The van der Waals surface area contributed by atoms with Gasteiger partial charge in [-0.25, -0.2) is 4.79 Å². The lowest BCUT2D eigenvalue weighted by Gasteiger charge is -2.43. The molecule has 2 aliphatic heterocycles. The predicted octanol–water partition coefficient (Wildman–Crippen LogP) is 2.81. The number of hydrogen-bond acceptors (Lipinski definition) is 5. The molecule has 7 heteroatoms. The molecule has 0 atom stereocenters. The van der Waals surface area contributed by atoms with Gasteiger partial charge < -0.3 is 14.5 Å². The van der Waals surface area contributed by atoms with Crippen LogP contribution >= 0.6 is 0 Å². The SMILES string of the molecule is COCCN1C(=O)N(CCCc2cccnc2)C(=O)C12CCN(CC(C)(C)C)CC2. The molecule has 0 aliphatic carbocycles. The third-order valence-electron chi connectivity index (χ3n) is 6.09. The number of rotatable bonds is 8. The van der Waals surface area contributed by atoms with E-state index in [9.17, 15) is 9.59 Å². The molecule has 1 aromatic heterocycles. The first-order valence-electron chi connectivity index (χ1n) is 11.0. The number of aryl methyl sites for hydroxylation is 1. The summed E-state index contributed by atoms with van der Waals surface area (Å²) < 4.78 is 5.24. The summed E-state index contributed by atoms with van der Waals surface area (Å²) in [6.45, 7) is 10.7. The van der Waals surface area contributed by atoms with Crippen molar-refractivity contribution in [1.29, 1.82) is 0 Å². The largest absolute Gasteiger partial charge is 0.383 e. The van der Waals surface area contributed by atoms with Crippen LogP contribution in [0, 0.1) is 5.41 Å². The molecule has 2 saturated heterocycles. The lowest BCUT2D eigenvalue weighted by molar-refractivity contribution is -0.136. The normalized spacial score (nSPS) is 19.9. The maximum atomic E-state index is 13.5. The van der Waals surface area contributed by atoms with E-state index < -0.39 is 5.54 Å². The Kier molecular flexibility index (Phi) is 7.14. The lowest BCUT2D eigenvalue weighted by Crippen LogP contribution is -2.57. The fraction of sp³-hybridized carbons (Fsp3) is 0.696. The highest BCUT2D eigenvalue weighted by Crippen LogP contribution is 2.38. The maximum Gasteiger partial charge on any atom is 0.327 e. The third kappa shape index (κ3) is 5.01. The van der Waals surface area contributed by atoms with Gasteiger partial charge in [-0.3, -0.25) is 14.7 Å². The summed E-state index contributed by atoms with van der Waals surface area (Å²) in [7, 11) is 1.63. The second-order valence-corrected chi connectivity index (χ2v) is 9.72. The number of urea groups is 1. The molecule has 3 rings (SSSR count). The van der Waals surface area contributed by atoms with Crippen LogP contribution in [-0.2, 0) is 16.0 Å². The van der Waals surface area contributed by atoms with Crippen molar-refractivity contribution >= 4 is 11.9 Å². The quantitative estimate of drug-likeness (QED) is 0.610. The highest BCUT2D eigenvalue weighted by atomic mass is 16.5. The summed E-state index contributed by atoms with van der Waals surface area (Å²) in [5.41, 5.74) is 0.630. The second-order valence-electron chi connectivity index (χ2n) is 9.72. The maximum absolute atomic E-state index is 13.5. The summed E-state index contributed by atoms with van der Waals surface area (Å²) in [6.07, 6.45) is 6.52. The molecule has 0 saturated carbocycles. The van der Waals surface area contributed by atoms with Crippen molar-refractivity contribution in [3.05, 3.63) is 30.1 Å². The number of carbonyl (C=O) groups excluding carboxylic acids is 2. The average molecular weight is 417 g/mol. The Morgan fingerprint density at radius 1 is 1.17 bits per heavy atom. The van der Waals surface area contributed by atoms with Gasteiger partial charge in [0.2, 0.25) is 0 Å². The molecule has 0 N–H and O–H groups in total. The van der Waals surface area contributed by atoms with Gasteiger partial charge in [-0.2, -0.15) is 0 Å². The topological polar surface area (TPSA) is 66.0 Å². The van der Waals surface area contributed by atoms with Crippen molar-refractivity contribution in [2.45, 2.75) is 52.0 Å². The molecule has 0 aromatic carbocycles. The van der Waals surface area contributed by atoms with E-state index in [2.05, 4.69) is 30.7 Å². The lowest BCUT2D eigenvalue weighted by atomic mass is 9.84. The Hall–Kier alpha value is -1.99. The van der Waals surface area contributed by atoms with Crippen LogP contribution in [0.25, 0.3) is 0 Å². The van der Waals surface area contributed by atoms with E-state index in [4.69, 9.17) is 4.74 Å². The Morgan fingerprint density at radius 2 is 1.90 bits per heavy atom. The number of piperidine rings is 1. The number of methoxy groups -OCH3 is 1. The van der Waals surface area contributed by atoms with Crippen LogP contribution in [0.1, 0.15) is 45.6 Å². The zero-order chi connectivity index (χ0) is 21.8.